The summed E-state index contributed by atoms with van der Waals surface area (Å²) < 4.78 is 7.46. The summed E-state index contributed by atoms with van der Waals surface area (Å²) in [7, 11) is 2.12. The number of amides is 1. The molecule has 1 aliphatic carbocycles. The van der Waals surface area contributed by atoms with E-state index in [1.54, 1.807) is 0 Å². The zero-order valence-corrected chi connectivity index (χ0v) is 21.9. The van der Waals surface area contributed by atoms with Crippen LogP contribution in [0.25, 0.3) is 27.6 Å². The third-order valence-corrected chi connectivity index (χ3v) is 7.94. The molecule has 1 fully saturated rings. The van der Waals surface area contributed by atoms with Crippen LogP contribution in [0.3, 0.4) is 0 Å². The Morgan fingerprint density at radius 2 is 1.73 bits per heavy atom. The number of benzene rings is 2. The molecule has 0 N–H and O–H groups in total. The molecule has 0 unspecified atom stereocenters. The SMILES string of the molecule is CCOC(=O)N1CCC(=C2c3ccc(-c4ccc5c(C)cn(C)c5c4)cc3CCc3cccnc32)CC1. The Hall–Kier alpha value is -3.86. The van der Waals surface area contributed by atoms with Gasteiger partial charge in [0.05, 0.1) is 12.3 Å². The van der Waals surface area contributed by atoms with E-state index in [4.69, 9.17) is 9.72 Å². The van der Waals surface area contributed by atoms with Gasteiger partial charge in [0, 0.05) is 49.0 Å². The van der Waals surface area contributed by atoms with Gasteiger partial charge in [-0.2, -0.15) is 0 Å². The lowest BCUT2D eigenvalue weighted by Crippen LogP contribution is -2.37. The first-order chi connectivity index (χ1) is 18.0. The first-order valence-electron chi connectivity index (χ1n) is 13.3. The number of pyridine rings is 1. The van der Waals surface area contributed by atoms with Crippen LogP contribution in [0.1, 0.15) is 47.7 Å². The van der Waals surface area contributed by atoms with Gasteiger partial charge in [0.2, 0.25) is 0 Å². The lowest BCUT2D eigenvalue weighted by Gasteiger charge is -2.29. The molecule has 4 aromatic rings. The highest BCUT2D eigenvalue weighted by atomic mass is 16.6. The zero-order valence-electron chi connectivity index (χ0n) is 21.9. The van der Waals surface area contributed by atoms with Crippen molar-refractivity contribution in [3.63, 3.8) is 0 Å². The standard InChI is InChI=1S/C32H33N3O2/c1-4-37-32(36)35-16-13-22(14-17-35)30-28-12-10-24(18-26(28)8-7-23-6-5-15-33-31(23)30)25-9-11-27-21(2)20-34(3)29(27)19-25/h5-6,9-12,15,18-20H,4,7-8,13-14,16-17H2,1-3H3. The normalized spacial score (nSPS) is 15.4. The first-order valence-corrected chi connectivity index (χ1v) is 13.3. The van der Waals surface area contributed by atoms with Crippen LogP contribution in [0.2, 0.25) is 0 Å². The van der Waals surface area contributed by atoms with Gasteiger partial charge in [-0.1, -0.05) is 42.0 Å². The van der Waals surface area contributed by atoms with Crippen molar-refractivity contribution in [3.05, 3.63) is 94.4 Å². The average molecular weight is 492 g/mol. The minimum Gasteiger partial charge on any atom is -0.450 e. The second-order valence-electron chi connectivity index (χ2n) is 10.2. The van der Waals surface area contributed by atoms with Crippen molar-refractivity contribution in [2.24, 2.45) is 7.05 Å². The maximum Gasteiger partial charge on any atom is 0.409 e. The number of ether oxygens (including phenoxy) is 1. The lowest BCUT2D eigenvalue weighted by atomic mass is 9.87. The van der Waals surface area contributed by atoms with Crippen LogP contribution in [0.5, 0.6) is 0 Å². The number of aryl methyl sites for hydroxylation is 4. The third kappa shape index (κ3) is 4.22. The monoisotopic (exact) mass is 491 g/mol. The van der Waals surface area contributed by atoms with E-state index in [0.717, 1.165) is 31.4 Å². The van der Waals surface area contributed by atoms with E-state index in [0.29, 0.717) is 19.7 Å². The van der Waals surface area contributed by atoms with Crippen molar-refractivity contribution in [1.29, 1.82) is 0 Å². The summed E-state index contributed by atoms with van der Waals surface area (Å²) in [5, 5.41) is 1.31. The molecule has 1 saturated heterocycles. The smallest absolute Gasteiger partial charge is 0.409 e. The van der Waals surface area contributed by atoms with E-state index < -0.39 is 0 Å². The molecule has 0 spiro atoms. The largest absolute Gasteiger partial charge is 0.450 e. The first kappa shape index (κ1) is 23.5. The van der Waals surface area contributed by atoms with E-state index in [2.05, 4.69) is 67.2 Å². The summed E-state index contributed by atoms with van der Waals surface area (Å²) in [6.45, 7) is 5.80. The fourth-order valence-corrected chi connectivity index (χ4v) is 6.03. The van der Waals surface area contributed by atoms with E-state index in [1.807, 2.05) is 24.1 Å². The van der Waals surface area contributed by atoms with Gasteiger partial charge in [0.15, 0.2) is 0 Å². The molecule has 1 aliphatic heterocycles. The van der Waals surface area contributed by atoms with Crippen LogP contribution in [-0.2, 0) is 24.6 Å². The quantitative estimate of drug-likeness (QED) is 0.313. The van der Waals surface area contributed by atoms with Gasteiger partial charge in [-0.25, -0.2) is 4.79 Å². The van der Waals surface area contributed by atoms with Gasteiger partial charge >= 0.3 is 6.09 Å². The average Bonchev–Trinajstić information content (AvgIpc) is 3.11. The maximum atomic E-state index is 12.3. The maximum absolute atomic E-state index is 12.3. The van der Waals surface area contributed by atoms with Gasteiger partial charge in [-0.15, -0.1) is 0 Å². The molecule has 0 radical (unpaired) electrons. The topological polar surface area (TPSA) is 47.4 Å². The number of fused-ring (bicyclic) bond motifs is 3. The highest BCUT2D eigenvalue weighted by Gasteiger charge is 2.27. The molecule has 1 amide bonds. The molecule has 6 rings (SSSR count). The van der Waals surface area contributed by atoms with E-state index in [9.17, 15) is 4.79 Å². The number of likely N-dealkylation sites (tertiary alicyclic amines) is 1. The molecular weight excluding hydrogens is 458 g/mol. The summed E-state index contributed by atoms with van der Waals surface area (Å²) in [5.41, 5.74) is 12.8. The van der Waals surface area contributed by atoms with Gasteiger partial charge in [0.1, 0.15) is 0 Å². The number of rotatable bonds is 2. The van der Waals surface area contributed by atoms with Crippen molar-refractivity contribution in [2.75, 3.05) is 19.7 Å². The summed E-state index contributed by atoms with van der Waals surface area (Å²) in [5.74, 6) is 0. The lowest BCUT2D eigenvalue weighted by molar-refractivity contribution is 0.104. The molecule has 3 heterocycles. The number of hydrogen-bond acceptors (Lipinski definition) is 3. The summed E-state index contributed by atoms with van der Waals surface area (Å²) in [6.07, 6.45) is 7.54. The van der Waals surface area contributed by atoms with Crippen LogP contribution in [0, 0.1) is 6.92 Å². The molecule has 2 aromatic heterocycles. The van der Waals surface area contributed by atoms with Crippen molar-refractivity contribution in [2.45, 2.75) is 39.5 Å². The minimum absolute atomic E-state index is 0.207. The number of carbonyl (C=O) groups excluding carboxylic acids is 1. The van der Waals surface area contributed by atoms with Crippen LogP contribution in [0.4, 0.5) is 4.79 Å². The minimum atomic E-state index is -0.207. The van der Waals surface area contributed by atoms with Crippen LogP contribution in [0.15, 0.2) is 66.5 Å². The van der Waals surface area contributed by atoms with Crippen molar-refractivity contribution in [1.82, 2.24) is 14.5 Å². The summed E-state index contributed by atoms with van der Waals surface area (Å²) >= 11 is 0. The van der Waals surface area contributed by atoms with Crippen molar-refractivity contribution in [3.8, 4) is 11.1 Å². The Bertz CT molecular complexity index is 1540. The highest BCUT2D eigenvalue weighted by molar-refractivity contribution is 5.89. The Morgan fingerprint density at radius 3 is 2.54 bits per heavy atom. The molecular formula is C32H33N3O2. The number of carbonyl (C=O) groups is 1. The molecule has 188 valence electrons. The Balaban J connectivity index is 1.42. The number of nitrogens with zero attached hydrogens (tertiary/aromatic N) is 3. The Morgan fingerprint density at radius 1 is 0.973 bits per heavy atom. The molecule has 5 nitrogen and oxygen atoms in total. The van der Waals surface area contributed by atoms with Crippen molar-refractivity contribution >= 4 is 22.6 Å². The second-order valence-corrected chi connectivity index (χ2v) is 10.2. The van der Waals surface area contributed by atoms with E-state index >= 15 is 0 Å². The fourth-order valence-electron chi connectivity index (χ4n) is 6.03. The van der Waals surface area contributed by atoms with Crippen LogP contribution >= 0.6 is 0 Å². The number of hydrogen-bond donors (Lipinski definition) is 0. The van der Waals surface area contributed by atoms with Crippen LogP contribution in [-0.4, -0.2) is 40.2 Å². The third-order valence-electron chi connectivity index (χ3n) is 7.94. The van der Waals surface area contributed by atoms with Crippen molar-refractivity contribution < 1.29 is 9.53 Å². The fraction of sp³-hybridized carbons (Fsp3) is 0.312. The number of piperidine rings is 1. The molecule has 5 heteroatoms. The summed E-state index contributed by atoms with van der Waals surface area (Å²) in [6, 6.07) is 18.0. The predicted molar refractivity (Wildman–Crippen MR) is 149 cm³/mol. The Kier molecular flexibility index (Phi) is 6.07. The van der Waals surface area contributed by atoms with E-state index in [-0.39, 0.29) is 6.09 Å². The molecule has 0 bridgehead atoms. The molecule has 0 saturated carbocycles. The summed E-state index contributed by atoms with van der Waals surface area (Å²) in [4.78, 5) is 19.0. The predicted octanol–water partition coefficient (Wildman–Crippen LogP) is 6.70. The molecule has 2 aliphatic rings. The zero-order chi connectivity index (χ0) is 25.5. The van der Waals surface area contributed by atoms with E-state index in [1.165, 1.54) is 55.4 Å². The van der Waals surface area contributed by atoms with Gasteiger partial charge in [-0.05, 0) is 85.0 Å². The van der Waals surface area contributed by atoms with Crippen LogP contribution < -0.4 is 0 Å². The molecule has 2 aromatic carbocycles. The highest BCUT2D eigenvalue weighted by Crippen LogP contribution is 2.39. The van der Waals surface area contributed by atoms with Gasteiger partial charge in [-0.3, -0.25) is 4.98 Å². The number of aromatic nitrogens is 2. The Labute approximate surface area is 218 Å². The second kappa shape index (κ2) is 9.55. The molecule has 37 heavy (non-hydrogen) atoms. The van der Waals surface area contributed by atoms with Gasteiger partial charge in [0.25, 0.3) is 0 Å². The van der Waals surface area contributed by atoms with Gasteiger partial charge < -0.3 is 14.2 Å². The molecule has 0 atom stereocenters.